The number of nitrogen functional groups attached to an aromatic ring is 1. The number of nitrogens with one attached hydrogen (secondary N) is 1. The molecule has 0 unspecified atom stereocenters. The first-order valence-electron chi connectivity index (χ1n) is 8.01. The van der Waals surface area contributed by atoms with E-state index in [0.29, 0.717) is 5.02 Å². The second kappa shape index (κ2) is 9.08. The summed E-state index contributed by atoms with van der Waals surface area (Å²) in [5.41, 5.74) is 7.40. The van der Waals surface area contributed by atoms with Gasteiger partial charge in [0.15, 0.2) is 6.61 Å². The Morgan fingerprint density at radius 1 is 1.20 bits per heavy atom. The minimum Gasteiger partial charge on any atom is -0.452 e. The van der Waals surface area contributed by atoms with Gasteiger partial charge in [-0.1, -0.05) is 41.9 Å². The van der Waals surface area contributed by atoms with Crippen LogP contribution in [-0.4, -0.2) is 24.5 Å². The summed E-state index contributed by atoms with van der Waals surface area (Å²) >= 11 is 5.80. The minimum absolute atomic E-state index is 0.0161. The second-order valence-electron chi connectivity index (χ2n) is 5.81. The largest absolute Gasteiger partial charge is 0.452 e. The summed E-state index contributed by atoms with van der Waals surface area (Å²) in [6, 6.07) is 14.5. The van der Waals surface area contributed by atoms with Crippen molar-refractivity contribution in [1.82, 2.24) is 5.32 Å². The molecule has 0 spiro atoms. The van der Waals surface area contributed by atoms with E-state index in [9.17, 15) is 9.59 Å². The molecule has 5 nitrogen and oxygen atoms in total. The average molecular weight is 361 g/mol. The first-order valence-corrected chi connectivity index (χ1v) is 8.39. The number of rotatable bonds is 7. The first kappa shape index (κ1) is 18.8. The topological polar surface area (TPSA) is 81.4 Å². The Bertz CT molecular complexity index is 735. The van der Waals surface area contributed by atoms with E-state index in [-0.39, 0.29) is 29.8 Å². The predicted molar refractivity (Wildman–Crippen MR) is 98.5 cm³/mol. The standard InChI is InChI=1S/C19H21ClN2O3/c1-13(7-8-14-5-3-2-4-6-14)22-18(23)12-25-19(24)15-9-10-16(20)17(21)11-15/h2-6,9-11,13H,7-8,12,21H2,1H3,(H,22,23)/t13-/m0/s1. The zero-order valence-electron chi connectivity index (χ0n) is 14.0. The maximum absolute atomic E-state index is 11.9. The van der Waals surface area contributed by atoms with Gasteiger partial charge in [0.25, 0.3) is 5.91 Å². The van der Waals surface area contributed by atoms with Crippen LogP contribution in [0.15, 0.2) is 48.5 Å². The van der Waals surface area contributed by atoms with E-state index in [4.69, 9.17) is 22.1 Å². The fourth-order valence-corrected chi connectivity index (χ4v) is 2.42. The Labute approximate surface area is 152 Å². The third-order valence-corrected chi connectivity index (χ3v) is 4.03. The van der Waals surface area contributed by atoms with Gasteiger partial charge in [0.1, 0.15) is 0 Å². The van der Waals surface area contributed by atoms with Crippen LogP contribution >= 0.6 is 11.6 Å². The molecule has 2 rings (SSSR count). The molecule has 0 bridgehead atoms. The maximum Gasteiger partial charge on any atom is 0.338 e. The smallest absolute Gasteiger partial charge is 0.338 e. The van der Waals surface area contributed by atoms with E-state index in [2.05, 4.69) is 5.32 Å². The van der Waals surface area contributed by atoms with Gasteiger partial charge in [-0.15, -0.1) is 0 Å². The number of amides is 1. The number of anilines is 1. The highest BCUT2D eigenvalue weighted by Crippen LogP contribution is 2.19. The summed E-state index contributed by atoms with van der Waals surface area (Å²) in [7, 11) is 0. The number of halogens is 1. The van der Waals surface area contributed by atoms with E-state index in [0.717, 1.165) is 12.8 Å². The molecule has 0 fully saturated rings. The van der Waals surface area contributed by atoms with Gasteiger partial charge in [-0.25, -0.2) is 4.79 Å². The minimum atomic E-state index is -0.615. The quantitative estimate of drug-likeness (QED) is 0.586. The molecule has 1 amide bonds. The van der Waals surface area contributed by atoms with Crippen molar-refractivity contribution in [1.29, 1.82) is 0 Å². The van der Waals surface area contributed by atoms with Crippen molar-refractivity contribution < 1.29 is 14.3 Å². The highest BCUT2D eigenvalue weighted by atomic mass is 35.5. The van der Waals surface area contributed by atoms with Crippen molar-refractivity contribution in [2.75, 3.05) is 12.3 Å². The number of carbonyl (C=O) groups is 2. The van der Waals surface area contributed by atoms with Crippen LogP contribution in [0.2, 0.25) is 5.02 Å². The summed E-state index contributed by atoms with van der Waals surface area (Å²) in [4.78, 5) is 23.8. The molecule has 3 N–H and O–H groups in total. The molecule has 0 radical (unpaired) electrons. The maximum atomic E-state index is 11.9. The van der Waals surface area contributed by atoms with Gasteiger partial charge in [-0.05, 0) is 43.5 Å². The van der Waals surface area contributed by atoms with Crippen LogP contribution in [0.5, 0.6) is 0 Å². The molecule has 0 aliphatic rings. The van der Waals surface area contributed by atoms with Crippen LogP contribution in [-0.2, 0) is 16.0 Å². The Morgan fingerprint density at radius 3 is 2.60 bits per heavy atom. The lowest BCUT2D eigenvalue weighted by atomic mass is 10.1. The summed E-state index contributed by atoms with van der Waals surface area (Å²) in [5, 5.41) is 3.18. The van der Waals surface area contributed by atoms with Crippen LogP contribution in [0, 0.1) is 0 Å². The third kappa shape index (κ3) is 6.12. The number of nitrogens with two attached hydrogens (primary N) is 1. The molecule has 1 atom stereocenters. The molecule has 0 saturated heterocycles. The van der Waals surface area contributed by atoms with Gasteiger partial charge >= 0.3 is 5.97 Å². The van der Waals surface area contributed by atoms with E-state index in [1.165, 1.54) is 23.8 Å². The van der Waals surface area contributed by atoms with Crippen molar-refractivity contribution in [3.63, 3.8) is 0 Å². The van der Waals surface area contributed by atoms with Crippen molar-refractivity contribution in [2.24, 2.45) is 0 Å². The monoisotopic (exact) mass is 360 g/mol. The number of aryl methyl sites for hydroxylation is 1. The zero-order chi connectivity index (χ0) is 18.2. The molecule has 0 heterocycles. The molecule has 0 saturated carbocycles. The van der Waals surface area contributed by atoms with Gasteiger partial charge in [0.2, 0.25) is 0 Å². The Balaban J connectivity index is 1.74. The predicted octanol–water partition coefficient (Wildman–Crippen LogP) is 3.22. The van der Waals surface area contributed by atoms with E-state index in [1.54, 1.807) is 0 Å². The fourth-order valence-electron chi connectivity index (χ4n) is 2.30. The van der Waals surface area contributed by atoms with Gasteiger partial charge in [0, 0.05) is 6.04 Å². The highest BCUT2D eigenvalue weighted by Gasteiger charge is 2.13. The molecule has 0 aromatic heterocycles. The highest BCUT2D eigenvalue weighted by molar-refractivity contribution is 6.33. The Kier molecular flexibility index (Phi) is 6.83. The summed E-state index contributed by atoms with van der Waals surface area (Å²) in [6.45, 7) is 1.58. The van der Waals surface area contributed by atoms with Gasteiger partial charge in [-0.2, -0.15) is 0 Å². The van der Waals surface area contributed by atoms with Gasteiger partial charge in [0.05, 0.1) is 16.3 Å². The number of benzene rings is 2. The first-order chi connectivity index (χ1) is 12.0. The molecule has 25 heavy (non-hydrogen) atoms. The number of hydrogen-bond acceptors (Lipinski definition) is 4. The van der Waals surface area contributed by atoms with Crippen molar-refractivity contribution in [3.05, 3.63) is 64.7 Å². The van der Waals surface area contributed by atoms with Crippen LogP contribution in [0.4, 0.5) is 5.69 Å². The van der Waals surface area contributed by atoms with E-state index in [1.807, 2.05) is 37.3 Å². The van der Waals surface area contributed by atoms with Crippen LogP contribution in [0.25, 0.3) is 0 Å². The summed E-state index contributed by atoms with van der Waals surface area (Å²) in [5.74, 6) is -0.952. The normalized spacial score (nSPS) is 11.6. The zero-order valence-corrected chi connectivity index (χ0v) is 14.8. The lowest BCUT2D eigenvalue weighted by Gasteiger charge is -2.14. The average Bonchev–Trinajstić information content (AvgIpc) is 2.61. The van der Waals surface area contributed by atoms with Gasteiger partial charge in [-0.3, -0.25) is 4.79 Å². The number of ether oxygens (including phenoxy) is 1. The van der Waals surface area contributed by atoms with Crippen LogP contribution in [0.1, 0.15) is 29.3 Å². The SMILES string of the molecule is C[C@@H](CCc1ccccc1)NC(=O)COC(=O)c1ccc(Cl)c(N)c1. The molecule has 2 aromatic carbocycles. The molecule has 132 valence electrons. The number of carbonyl (C=O) groups excluding carboxylic acids is 2. The van der Waals surface area contributed by atoms with Crippen molar-refractivity contribution in [3.8, 4) is 0 Å². The lowest BCUT2D eigenvalue weighted by molar-refractivity contribution is -0.124. The van der Waals surface area contributed by atoms with Crippen LogP contribution < -0.4 is 11.1 Å². The molecule has 0 aliphatic heterocycles. The third-order valence-electron chi connectivity index (χ3n) is 3.68. The summed E-state index contributed by atoms with van der Waals surface area (Å²) < 4.78 is 5.00. The van der Waals surface area contributed by atoms with Gasteiger partial charge < -0.3 is 15.8 Å². The Morgan fingerprint density at radius 2 is 1.92 bits per heavy atom. The second-order valence-corrected chi connectivity index (χ2v) is 6.21. The van der Waals surface area contributed by atoms with Crippen molar-refractivity contribution >= 4 is 29.2 Å². The van der Waals surface area contributed by atoms with E-state index >= 15 is 0 Å². The fraction of sp³-hybridized carbons (Fsp3) is 0.263. The summed E-state index contributed by atoms with van der Waals surface area (Å²) in [6.07, 6.45) is 1.67. The molecule has 0 aliphatic carbocycles. The van der Waals surface area contributed by atoms with Crippen molar-refractivity contribution in [2.45, 2.75) is 25.8 Å². The molecule has 2 aromatic rings. The Hall–Kier alpha value is -2.53. The number of esters is 1. The van der Waals surface area contributed by atoms with E-state index < -0.39 is 5.97 Å². The lowest BCUT2D eigenvalue weighted by Crippen LogP contribution is -2.36. The molecular weight excluding hydrogens is 340 g/mol. The molecule has 6 heteroatoms. The van der Waals surface area contributed by atoms with Crippen LogP contribution in [0.3, 0.4) is 0 Å². The molecular formula is C19H21ClN2O3. The number of hydrogen-bond donors (Lipinski definition) is 2.